The van der Waals surface area contributed by atoms with Crippen molar-refractivity contribution in [1.29, 1.82) is 0 Å². The molecule has 4 rings (SSSR count). The lowest BCUT2D eigenvalue weighted by molar-refractivity contribution is -0.383. The van der Waals surface area contributed by atoms with Crippen LogP contribution in [0.1, 0.15) is 33.2 Å². The van der Waals surface area contributed by atoms with Crippen LogP contribution in [0, 0.1) is 10.1 Å². The average Bonchev–Trinajstić information content (AvgIpc) is 2.95. The lowest BCUT2D eigenvalue weighted by atomic mass is 10.0. The summed E-state index contributed by atoms with van der Waals surface area (Å²) in [7, 11) is 0. The van der Waals surface area contributed by atoms with Crippen molar-refractivity contribution in [3.63, 3.8) is 0 Å². The Hall–Kier alpha value is -3.26. The SMILES string of the molecule is Nc1cc(CN2C(=O)c3ccccc3C2Cc2ncccc2Br)ccc1[N+](=O)[O-]. The maximum Gasteiger partial charge on any atom is 0.292 e. The number of anilines is 1. The van der Waals surface area contributed by atoms with Crippen molar-refractivity contribution in [2.24, 2.45) is 0 Å². The zero-order valence-corrected chi connectivity index (χ0v) is 16.9. The Labute approximate surface area is 175 Å². The number of hydrogen-bond acceptors (Lipinski definition) is 5. The maximum atomic E-state index is 13.1. The molecule has 146 valence electrons. The molecule has 0 saturated heterocycles. The fraction of sp³-hybridized carbons (Fsp3) is 0.143. The van der Waals surface area contributed by atoms with Crippen LogP contribution >= 0.6 is 15.9 Å². The van der Waals surface area contributed by atoms with Gasteiger partial charge in [-0.15, -0.1) is 0 Å². The third-order valence-corrected chi connectivity index (χ3v) is 5.77. The molecule has 0 fully saturated rings. The van der Waals surface area contributed by atoms with E-state index in [2.05, 4.69) is 20.9 Å². The maximum absolute atomic E-state index is 13.1. The second-order valence-electron chi connectivity index (χ2n) is 6.82. The van der Waals surface area contributed by atoms with Gasteiger partial charge in [0.25, 0.3) is 11.6 Å². The number of nitrogens with two attached hydrogens (primary N) is 1. The molecule has 0 bridgehead atoms. The fourth-order valence-corrected chi connectivity index (χ4v) is 4.08. The zero-order chi connectivity index (χ0) is 20.5. The second-order valence-corrected chi connectivity index (χ2v) is 7.68. The summed E-state index contributed by atoms with van der Waals surface area (Å²) in [5.41, 5.74) is 8.98. The molecule has 1 aliphatic heterocycles. The van der Waals surface area contributed by atoms with Crippen molar-refractivity contribution in [3.8, 4) is 0 Å². The second kappa shape index (κ2) is 7.63. The summed E-state index contributed by atoms with van der Waals surface area (Å²) < 4.78 is 0.886. The van der Waals surface area contributed by atoms with Gasteiger partial charge in [0.05, 0.1) is 16.7 Å². The number of halogens is 1. The van der Waals surface area contributed by atoms with E-state index < -0.39 is 4.92 Å². The molecule has 0 saturated carbocycles. The predicted octanol–water partition coefficient (Wildman–Crippen LogP) is 4.27. The number of rotatable bonds is 5. The lowest BCUT2D eigenvalue weighted by Gasteiger charge is -2.26. The van der Waals surface area contributed by atoms with Crippen molar-refractivity contribution in [1.82, 2.24) is 9.88 Å². The Kier molecular flexibility index (Phi) is 5.02. The summed E-state index contributed by atoms with van der Waals surface area (Å²) in [4.78, 5) is 29.8. The molecule has 2 N–H and O–H groups in total. The highest BCUT2D eigenvalue weighted by Crippen LogP contribution is 2.38. The minimum atomic E-state index is -0.516. The lowest BCUT2D eigenvalue weighted by Crippen LogP contribution is -2.29. The molecule has 1 unspecified atom stereocenters. The average molecular weight is 453 g/mol. The Morgan fingerprint density at radius 1 is 1.17 bits per heavy atom. The summed E-state index contributed by atoms with van der Waals surface area (Å²) in [5, 5.41) is 11.0. The smallest absolute Gasteiger partial charge is 0.292 e. The van der Waals surface area contributed by atoms with E-state index in [1.165, 1.54) is 6.07 Å². The van der Waals surface area contributed by atoms with Crippen LogP contribution < -0.4 is 5.73 Å². The summed E-state index contributed by atoms with van der Waals surface area (Å²) in [6.07, 6.45) is 2.27. The molecule has 29 heavy (non-hydrogen) atoms. The molecule has 1 aliphatic rings. The van der Waals surface area contributed by atoms with Crippen LogP contribution in [-0.4, -0.2) is 20.7 Å². The fourth-order valence-electron chi connectivity index (χ4n) is 3.67. The van der Waals surface area contributed by atoms with Gasteiger partial charge in [-0.2, -0.15) is 0 Å². The predicted molar refractivity (Wildman–Crippen MR) is 112 cm³/mol. The molecule has 1 aromatic heterocycles. The topological polar surface area (TPSA) is 102 Å². The molecule has 2 aromatic carbocycles. The van der Waals surface area contributed by atoms with Crippen molar-refractivity contribution in [2.45, 2.75) is 19.0 Å². The third kappa shape index (κ3) is 3.58. The van der Waals surface area contributed by atoms with Gasteiger partial charge in [0.15, 0.2) is 0 Å². The van der Waals surface area contributed by atoms with E-state index in [1.54, 1.807) is 23.2 Å². The first-order valence-corrected chi connectivity index (χ1v) is 9.77. The van der Waals surface area contributed by atoms with E-state index in [9.17, 15) is 14.9 Å². The van der Waals surface area contributed by atoms with Crippen LogP contribution in [0.3, 0.4) is 0 Å². The normalized spacial score (nSPS) is 15.4. The molecular weight excluding hydrogens is 436 g/mol. The molecule has 3 aromatic rings. The summed E-state index contributed by atoms with van der Waals surface area (Å²) >= 11 is 3.53. The molecule has 7 nitrogen and oxygen atoms in total. The van der Waals surface area contributed by atoms with Crippen molar-refractivity contribution in [2.75, 3.05) is 5.73 Å². The minimum absolute atomic E-state index is 0.0745. The minimum Gasteiger partial charge on any atom is -0.393 e. The number of nitro groups is 1. The van der Waals surface area contributed by atoms with E-state index in [1.807, 2.05) is 36.4 Å². The molecule has 8 heteroatoms. The molecule has 0 aliphatic carbocycles. The highest BCUT2D eigenvalue weighted by Gasteiger charge is 2.37. The highest BCUT2D eigenvalue weighted by molar-refractivity contribution is 9.10. The number of aromatic nitrogens is 1. The van der Waals surface area contributed by atoms with Gasteiger partial charge < -0.3 is 10.6 Å². The molecular formula is C21H17BrN4O3. The van der Waals surface area contributed by atoms with Gasteiger partial charge in [-0.05, 0) is 51.3 Å². The number of carbonyl (C=O) groups excluding carboxylic acids is 1. The Bertz CT molecular complexity index is 1120. The Morgan fingerprint density at radius 2 is 1.97 bits per heavy atom. The summed E-state index contributed by atoms with van der Waals surface area (Å²) in [5.74, 6) is -0.0745. The number of nitro benzene ring substituents is 1. The number of amides is 1. The van der Waals surface area contributed by atoms with Crippen LogP contribution in [0.4, 0.5) is 11.4 Å². The molecule has 2 heterocycles. The molecule has 1 atom stereocenters. The standard InChI is InChI=1S/C21H17BrN4O3/c22-16-6-3-9-24-18(16)11-20-14-4-1-2-5-15(14)21(27)25(20)12-13-7-8-19(26(28)29)17(23)10-13/h1-10,20H,11-12,23H2. The van der Waals surface area contributed by atoms with Gasteiger partial charge in [-0.3, -0.25) is 19.9 Å². The zero-order valence-electron chi connectivity index (χ0n) is 15.3. The first-order valence-electron chi connectivity index (χ1n) is 8.98. The van der Waals surface area contributed by atoms with Crippen molar-refractivity contribution < 1.29 is 9.72 Å². The molecule has 0 spiro atoms. The number of pyridine rings is 1. The number of nitrogens with zero attached hydrogens (tertiary/aromatic N) is 3. The van der Waals surface area contributed by atoms with Crippen molar-refractivity contribution in [3.05, 3.63) is 97.8 Å². The first kappa shape index (κ1) is 19.1. The van der Waals surface area contributed by atoms with E-state index in [4.69, 9.17) is 5.73 Å². The molecule has 0 radical (unpaired) electrons. The number of carbonyl (C=O) groups is 1. The van der Waals surface area contributed by atoms with Gasteiger partial charge in [0.1, 0.15) is 5.69 Å². The van der Waals surface area contributed by atoms with Crippen LogP contribution in [-0.2, 0) is 13.0 Å². The number of fused-ring (bicyclic) bond motifs is 1. The summed E-state index contributed by atoms with van der Waals surface area (Å²) in [6.45, 7) is 0.296. The van der Waals surface area contributed by atoms with E-state index in [-0.39, 0.29) is 23.3 Å². The van der Waals surface area contributed by atoms with Gasteiger partial charge in [0, 0.05) is 35.3 Å². The quantitative estimate of drug-likeness (QED) is 0.353. The van der Waals surface area contributed by atoms with Crippen molar-refractivity contribution >= 4 is 33.2 Å². The van der Waals surface area contributed by atoms with Gasteiger partial charge in [-0.1, -0.05) is 24.3 Å². The largest absolute Gasteiger partial charge is 0.393 e. The van der Waals surface area contributed by atoms with E-state index in [0.717, 1.165) is 21.3 Å². The van der Waals surface area contributed by atoms with Gasteiger partial charge in [-0.25, -0.2) is 0 Å². The van der Waals surface area contributed by atoms with Crippen LogP contribution in [0.2, 0.25) is 0 Å². The summed E-state index contributed by atoms with van der Waals surface area (Å²) in [6, 6.07) is 15.7. The monoisotopic (exact) mass is 452 g/mol. The van der Waals surface area contributed by atoms with E-state index in [0.29, 0.717) is 18.5 Å². The number of nitrogen functional groups attached to an aromatic ring is 1. The number of hydrogen-bond donors (Lipinski definition) is 1. The van der Waals surface area contributed by atoms with Crippen LogP contribution in [0.5, 0.6) is 0 Å². The Morgan fingerprint density at radius 3 is 2.69 bits per heavy atom. The molecule has 1 amide bonds. The third-order valence-electron chi connectivity index (χ3n) is 5.05. The number of benzene rings is 2. The highest BCUT2D eigenvalue weighted by atomic mass is 79.9. The Balaban J connectivity index is 1.69. The van der Waals surface area contributed by atoms with Gasteiger partial charge >= 0.3 is 0 Å². The van der Waals surface area contributed by atoms with E-state index >= 15 is 0 Å². The van der Waals surface area contributed by atoms with Gasteiger partial charge in [0.2, 0.25) is 0 Å². The van der Waals surface area contributed by atoms with Crippen LogP contribution in [0.15, 0.2) is 65.3 Å². The first-order chi connectivity index (χ1) is 14.0. The van der Waals surface area contributed by atoms with Crippen LogP contribution in [0.25, 0.3) is 0 Å².